The second-order valence-corrected chi connectivity index (χ2v) is 38.5. The zero-order chi connectivity index (χ0) is 95.6. The largest absolute Gasteiger partial charge is 0.477 e. The highest BCUT2D eigenvalue weighted by atomic mass is 31.2. The highest BCUT2D eigenvalue weighted by molar-refractivity contribution is 7.46. The molecule has 3 fully saturated rings. The lowest BCUT2D eigenvalue weighted by Crippen LogP contribution is -2.68. The van der Waals surface area contributed by atoms with Gasteiger partial charge in [0.1, 0.15) is 67.0 Å². The van der Waals surface area contributed by atoms with Gasteiger partial charge in [-0.05, 0) is 51.4 Å². The topological polar surface area (TPSA) is 475 Å². The van der Waals surface area contributed by atoms with E-state index in [-0.39, 0.29) is 38.5 Å². The number of hydrogen-bond donors (Lipinski definition) is 13. The highest BCUT2D eigenvalue weighted by Crippen LogP contribution is 2.42. The van der Waals surface area contributed by atoms with Gasteiger partial charge in [-0.15, -0.1) is 0 Å². The molecule has 3 rings (SSSR count). The first-order valence-corrected chi connectivity index (χ1v) is 53.1. The Bertz CT molecular complexity index is 2960. The van der Waals surface area contributed by atoms with Crippen LogP contribution in [0.15, 0.2) is 0 Å². The molecule has 0 aromatic heterocycles. The standard InChI is InChI=1S/C98H181N2O29P/c1-7-13-19-25-31-36-42-47-53-59-73(102)65-81(106)99-88-94(126-85(110)66-74(103)60-54-48-43-37-32-26-20-14-8-2)90(113)79(125-96(88)129-130(117,118)119)71-120-95-87(100-82(107)67-75(61-55-49-44-38-33-27-21-15-9-3)122-83(108)63-57-51-41-30-24-18-12-6)93(91(114)80(124-95)72-121-98(97(115)116)69-77(104)89(112)92(128-98)78(105)70-101)127-86(111)68-76(62-56-50-45-39-34-28-22-16-10-4)123-84(109)64-58-52-46-40-35-29-23-17-11-5/h73-80,87-96,101-105,112-114H,7-72H2,1-6H3,(H,99,106)(H,100,107)(H,115,116)(H2,117,118,119)/t73-,74+,75+,76+,77+,78+,79+,80+,87+,88+,89+,90+,91+,92+,93+,94+,95+,96+,98+/m0/s1. The van der Waals surface area contributed by atoms with E-state index in [0.717, 1.165) is 289 Å². The van der Waals surface area contributed by atoms with Crippen molar-refractivity contribution in [2.24, 2.45) is 0 Å². The van der Waals surface area contributed by atoms with Crippen LogP contribution in [0.4, 0.5) is 0 Å². The van der Waals surface area contributed by atoms with Crippen molar-refractivity contribution in [1.29, 1.82) is 0 Å². The Morgan fingerprint density at radius 1 is 0.400 bits per heavy atom. The average Bonchev–Trinajstić information content (AvgIpc) is 0.774. The minimum atomic E-state index is -5.75. The molecule has 0 spiro atoms. The number of amides is 2. The quantitative estimate of drug-likeness (QED) is 0.0116. The minimum absolute atomic E-state index is 0.0503. The molecular formula is C98H181N2O29P. The summed E-state index contributed by atoms with van der Waals surface area (Å²) in [6, 6.07) is -3.93. The SMILES string of the molecule is CCCCCCCCCCCC(=O)O[C@H](CCCCCCCCCCC)CC(=O)O[C@H]1[C@H](O)[C@@H](CO[C@]2(C(=O)O)C[C@@H](O)[C@@H](O)[C@@H]([C@H](O)CO)O2)O[C@@H](OC[C@H]2O[C@H](OP(=O)(O)O)[C@H](NC(=O)C[C@@H](O)CCCCCCCCCCC)[C@@H](OC(=O)C[C@H](O)CCCCCCCCCCC)[C@@H]2O)[C@@H]1NC(=O)C[C@@H](CCCCCCCCCCC)OC(=O)CCCCCCCCC. The molecule has 762 valence electrons. The Kier molecular flexibility index (Phi) is 68.4. The number of carboxylic acids is 1. The molecule has 13 N–H and O–H groups in total. The number of aliphatic hydroxyl groups excluding tert-OH is 8. The maximum Gasteiger partial charge on any atom is 0.472 e. The zero-order valence-electron chi connectivity index (χ0n) is 80.8. The molecule has 32 heteroatoms. The number of rotatable bonds is 83. The van der Waals surface area contributed by atoms with E-state index in [1.165, 1.54) is 6.42 Å². The maximum atomic E-state index is 15.3. The van der Waals surface area contributed by atoms with E-state index in [9.17, 15) is 84.3 Å². The van der Waals surface area contributed by atoms with E-state index in [2.05, 4.69) is 52.2 Å². The second kappa shape index (κ2) is 74.0. The van der Waals surface area contributed by atoms with Crippen LogP contribution in [0, 0.1) is 0 Å². The molecule has 130 heavy (non-hydrogen) atoms. The van der Waals surface area contributed by atoms with Gasteiger partial charge in [0.15, 0.2) is 24.8 Å². The van der Waals surface area contributed by atoms with Crippen LogP contribution in [0.1, 0.15) is 446 Å². The van der Waals surface area contributed by atoms with Crippen LogP contribution < -0.4 is 10.6 Å². The number of phosphoric ester groups is 1. The van der Waals surface area contributed by atoms with Crippen molar-refractivity contribution in [2.75, 3.05) is 19.8 Å². The van der Waals surface area contributed by atoms with Gasteiger partial charge in [0.2, 0.25) is 11.8 Å². The molecule has 31 nitrogen and oxygen atoms in total. The van der Waals surface area contributed by atoms with Crippen LogP contribution in [0.3, 0.4) is 0 Å². The minimum Gasteiger partial charge on any atom is -0.477 e. The lowest BCUT2D eigenvalue weighted by Gasteiger charge is -2.47. The fraction of sp³-hybridized carbons (Fsp3) is 0.929. The zero-order valence-corrected chi connectivity index (χ0v) is 81.7. The molecular weight excluding hydrogens is 1700 g/mol. The van der Waals surface area contributed by atoms with E-state index >= 15 is 9.59 Å². The van der Waals surface area contributed by atoms with Crippen LogP contribution in [-0.4, -0.2) is 233 Å². The molecule has 0 aromatic carbocycles. The molecule has 0 bridgehead atoms. The van der Waals surface area contributed by atoms with Crippen molar-refractivity contribution < 1.29 is 141 Å². The number of esters is 4. The molecule has 0 aromatic rings. The smallest absolute Gasteiger partial charge is 0.472 e. The number of carbonyl (C=O) groups excluding carboxylic acids is 6. The summed E-state index contributed by atoms with van der Waals surface area (Å²) in [5, 5.41) is 108. The number of ether oxygens (including phenoxy) is 9. The van der Waals surface area contributed by atoms with Crippen LogP contribution >= 0.6 is 7.82 Å². The number of aliphatic carboxylic acids is 1. The summed E-state index contributed by atoms with van der Waals surface area (Å²) in [5.74, 6) is -10.2. The predicted molar refractivity (Wildman–Crippen MR) is 495 cm³/mol. The van der Waals surface area contributed by atoms with E-state index in [1.54, 1.807) is 0 Å². The average molecular weight is 1880 g/mol. The van der Waals surface area contributed by atoms with Gasteiger partial charge < -0.3 is 109 Å². The number of aliphatic hydroxyl groups is 8. The summed E-state index contributed by atoms with van der Waals surface area (Å²) in [4.78, 5) is 122. The number of carbonyl (C=O) groups is 7. The molecule has 3 heterocycles. The lowest BCUT2D eigenvalue weighted by atomic mass is 9.92. The third kappa shape index (κ3) is 54.1. The molecule has 2 amide bonds. The van der Waals surface area contributed by atoms with Gasteiger partial charge in [-0.2, -0.15) is 0 Å². The number of unbranched alkanes of at least 4 members (excludes halogenated alkanes) is 46. The maximum absolute atomic E-state index is 15.3. The van der Waals surface area contributed by atoms with Crippen molar-refractivity contribution in [1.82, 2.24) is 10.6 Å². The van der Waals surface area contributed by atoms with E-state index in [1.807, 2.05) is 0 Å². The Morgan fingerprint density at radius 3 is 1.10 bits per heavy atom. The van der Waals surface area contributed by atoms with Crippen molar-refractivity contribution >= 4 is 49.5 Å². The molecule has 0 radical (unpaired) electrons. The normalized spacial score (nSPS) is 23.6. The van der Waals surface area contributed by atoms with Gasteiger partial charge >= 0.3 is 37.7 Å². The van der Waals surface area contributed by atoms with Gasteiger partial charge in [-0.1, -0.05) is 350 Å². The van der Waals surface area contributed by atoms with Gasteiger partial charge in [-0.25, -0.2) is 9.36 Å². The number of hydrogen-bond acceptors (Lipinski definition) is 26. The fourth-order valence-electron chi connectivity index (χ4n) is 17.5. The first kappa shape index (κ1) is 120. The van der Waals surface area contributed by atoms with E-state index in [0.29, 0.717) is 38.5 Å². The molecule has 19 atom stereocenters. The van der Waals surface area contributed by atoms with Crippen molar-refractivity contribution in [3.8, 4) is 0 Å². The highest BCUT2D eigenvalue weighted by Gasteiger charge is 2.58. The third-order valence-corrected chi connectivity index (χ3v) is 25.8. The van der Waals surface area contributed by atoms with E-state index < -0.39 is 217 Å². The molecule has 3 aliphatic heterocycles. The Morgan fingerprint density at radius 2 is 0.723 bits per heavy atom. The summed E-state index contributed by atoms with van der Waals surface area (Å²) in [5.41, 5.74) is 0. The first-order chi connectivity index (χ1) is 62.6. The van der Waals surface area contributed by atoms with Crippen molar-refractivity contribution in [3.05, 3.63) is 0 Å². The van der Waals surface area contributed by atoms with Crippen LogP contribution in [0.25, 0.3) is 0 Å². The van der Waals surface area contributed by atoms with E-state index in [4.69, 9.17) is 47.2 Å². The predicted octanol–water partition coefficient (Wildman–Crippen LogP) is 16.6. The van der Waals surface area contributed by atoms with Crippen molar-refractivity contribution in [2.45, 2.75) is 562 Å². The van der Waals surface area contributed by atoms with Crippen molar-refractivity contribution in [3.63, 3.8) is 0 Å². The summed E-state index contributed by atoms with van der Waals surface area (Å²) in [6.07, 6.45) is 17.7. The summed E-state index contributed by atoms with van der Waals surface area (Å²) < 4.78 is 74.0. The lowest BCUT2D eigenvalue weighted by molar-refractivity contribution is -0.341. The Hall–Kier alpha value is -4.12. The Balaban J connectivity index is 2.34. The summed E-state index contributed by atoms with van der Waals surface area (Å²) in [6.45, 7) is 9.58. The van der Waals surface area contributed by atoms with Crippen LogP contribution in [0.5, 0.6) is 0 Å². The second-order valence-electron chi connectivity index (χ2n) is 37.3. The molecule has 0 unspecified atom stereocenters. The molecule has 0 saturated carbocycles. The van der Waals surface area contributed by atoms with Crippen LogP contribution in [-0.2, 0) is 85.3 Å². The fourth-order valence-corrected chi connectivity index (χ4v) is 17.9. The summed E-state index contributed by atoms with van der Waals surface area (Å²) >= 11 is 0. The van der Waals surface area contributed by atoms with Gasteiger partial charge in [-0.3, -0.25) is 33.3 Å². The number of carboxylic acid groups (broad SMARTS) is 1. The molecule has 0 aliphatic carbocycles. The number of phosphoric acid groups is 1. The number of nitrogens with one attached hydrogen (secondary N) is 2. The Labute approximate surface area is 779 Å². The molecule has 3 saturated heterocycles. The molecule has 3 aliphatic rings. The van der Waals surface area contributed by atoms with Gasteiger partial charge in [0, 0.05) is 19.3 Å². The first-order valence-electron chi connectivity index (χ1n) is 51.5. The van der Waals surface area contributed by atoms with Gasteiger partial charge in [0.05, 0.1) is 63.8 Å². The monoisotopic (exact) mass is 1880 g/mol. The van der Waals surface area contributed by atoms with Gasteiger partial charge in [0.25, 0.3) is 5.79 Å². The summed E-state index contributed by atoms with van der Waals surface area (Å²) in [7, 11) is -5.75. The third-order valence-electron chi connectivity index (χ3n) is 25.3. The van der Waals surface area contributed by atoms with Crippen LogP contribution in [0.2, 0.25) is 0 Å².